The molecule has 0 spiro atoms. The molecule has 0 atom stereocenters. The molecule has 5 heteroatoms. The number of nitrogens with zero attached hydrogens (tertiary/aromatic N) is 2. The highest BCUT2D eigenvalue weighted by molar-refractivity contribution is 9.10. The van der Waals surface area contributed by atoms with Gasteiger partial charge in [0.05, 0.1) is 5.56 Å². The average Bonchev–Trinajstić information content (AvgIpc) is 2.49. The van der Waals surface area contributed by atoms with Gasteiger partial charge in [0.25, 0.3) is 5.91 Å². The molecule has 0 saturated carbocycles. The molecule has 1 aromatic carbocycles. The van der Waals surface area contributed by atoms with Crippen LogP contribution < -0.4 is 0 Å². The first kappa shape index (κ1) is 16.4. The monoisotopic (exact) mass is 356 g/mol. The van der Waals surface area contributed by atoms with Gasteiger partial charge in [-0.2, -0.15) is 0 Å². The van der Waals surface area contributed by atoms with Gasteiger partial charge in [-0.1, -0.05) is 6.92 Å². The maximum Gasteiger partial charge on any atom is 0.255 e. The zero-order valence-electron chi connectivity index (χ0n) is 12.6. The summed E-state index contributed by atoms with van der Waals surface area (Å²) in [5.74, 6) is -0.497. The lowest BCUT2D eigenvalue weighted by Gasteiger charge is -2.36. The predicted molar refractivity (Wildman–Crippen MR) is 85.9 cm³/mol. The smallest absolute Gasteiger partial charge is 0.255 e. The molecule has 0 bridgehead atoms. The van der Waals surface area contributed by atoms with Crippen molar-refractivity contribution in [1.82, 2.24) is 9.80 Å². The SMILES string of the molecule is CCCN1CCC(N(C)C(=O)c2cc(F)ccc2Br)CC1. The van der Waals surface area contributed by atoms with Crippen LogP contribution in [0.3, 0.4) is 0 Å². The summed E-state index contributed by atoms with van der Waals surface area (Å²) in [6, 6.07) is 4.47. The molecule has 0 radical (unpaired) electrons. The van der Waals surface area contributed by atoms with Gasteiger partial charge in [-0.25, -0.2) is 4.39 Å². The van der Waals surface area contributed by atoms with E-state index in [1.54, 1.807) is 11.0 Å². The summed E-state index contributed by atoms with van der Waals surface area (Å²) < 4.78 is 14.0. The van der Waals surface area contributed by atoms with Crippen molar-refractivity contribution in [3.8, 4) is 0 Å². The second kappa shape index (κ2) is 7.36. The standard InChI is InChI=1S/C16H22BrFN2O/c1-3-8-20-9-6-13(7-10-20)19(2)16(21)14-11-12(18)4-5-15(14)17/h4-5,11,13H,3,6-10H2,1-2H3. The molecular formula is C16H22BrFN2O. The van der Waals surface area contributed by atoms with Crippen LogP contribution in [0, 0.1) is 5.82 Å². The summed E-state index contributed by atoms with van der Waals surface area (Å²) in [6.45, 7) is 5.37. The summed E-state index contributed by atoms with van der Waals surface area (Å²) in [4.78, 5) is 16.7. The van der Waals surface area contributed by atoms with Crippen molar-refractivity contribution in [2.75, 3.05) is 26.7 Å². The van der Waals surface area contributed by atoms with Gasteiger partial charge in [0.2, 0.25) is 0 Å². The molecule has 0 aliphatic carbocycles. The highest BCUT2D eigenvalue weighted by Gasteiger charge is 2.26. The maximum atomic E-state index is 13.4. The van der Waals surface area contributed by atoms with E-state index in [-0.39, 0.29) is 17.8 Å². The molecule has 0 N–H and O–H groups in total. The number of piperidine rings is 1. The lowest BCUT2D eigenvalue weighted by Crippen LogP contribution is -2.45. The number of hydrogen-bond donors (Lipinski definition) is 0. The molecule has 2 rings (SSSR count). The summed E-state index contributed by atoms with van der Waals surface area (Å²) in [7, 11) is 1.82. The van der Waals surface area contributed by atoms with E-state index in [0.717, 1.165) is 38.9 Å². The first-order chi connectivity index (χ1) is 10.0. The first-order valence-electron chi connectivity index (χ1n) is 7.47. The van der Waals surface area contributed by atoms with Crippen LogP contribution in [0.2, 0.25) is 0 Å². The highest BCUT2D eigenvalue weighted by atomic mass is 79.9. The Balaban J connectivity index is 2.01. The van der Waals surface area contributed by atoms with Gasteiger partial charge >= 0.3 is 0 Å². The molecule has 3 nitrogen and oxygen atoms in total. The van der Waals surface area contributed by atoms with Crippen molar-refractivity contribution in [2.24, 2.45) is 0 Å². The fraction of sp³-hybridized carbons (Fsp3) is 0.562. The molecule has 1 fully saturated rings. The number of likely N-dealkylation sites (tertiary alicyclic amines) is 1. The van der Waals surface area contributed by atoms with Crippen molar-refractivity contribution < 1.29 is 9.18 Å². The van der Waals surface area contributed by atoms with Gasteiger partial charge in [-0.05, 0) is 59.9 Å². The fourth-order valence-electron chi connectivity index (χ4n) is 2.86. The van der Waals surface area contributed by atoms with Crippen molar-refractivity contribution in [2.45, 2.75) is 32.2 Å². The van der Waals surface area contributed by atoms with Crippen molar-refractivity contribution in [1.29, 1.82) is 0 Å². The molecule has 1 aromatic rings. The van der Waals surface area contributed by atoms with Gasteiger partial charge in [-0.15, -0.1) is 0 Å². The van der Waals surface area contributed by atoms with Gasteiger partial charge in [-0.3, -0.25) is 4.79 Å². The Morgan fingerprint density at radius 3 is 2.71 bits per heavy atom. The third kappa shape index (κ3) is 4.04. The Morgan fingerprint density at radius 1 is 1.43 bits per heavy atom. The second-order valence-electron chi connectivity index (χ2n) is 5.61. The molecule has 1 amide bonds. The summed E-state index contributed by atoms with van der Waals surface area (Å²) in [5.41, 5.74) is 0.397. The van der Waals surface area contributed by atoms with E-state index >= 15 is 0 Å². The van der Waals surface area contributed by atoms with E-state index < -0.39 is 0 Å². The first-order valence-corrected chi connectivity index (χ1v) is 8.26. The normalized spacial score (nSPS) is 17.0. The van der Waals surface area contributed by atoms with Gasteiger partial charge in [0.1, 0.15) is 5.82 Å². The van der Waals surface area contributed by atoms with E-state index in [1.165, 1.54) is 12.1 Å². The lowest BCUT2D eigenvalue weighted by molar-refractivity contribution is 0.0641. The minimum atomic E-state index is -0.382. The fourth-order valence-corrected chi connectivity index (χ4v) is 3.28. The molecule has 21 heavy (non-hydrogen) atoms. The molecular weight excluding hydrogens is 335 g/mol. The molecule has 1 aliphatic heterocycles. The van der Waals surface area contributed by atoms with Crippen LogP contribution in [0.4, 0.5) is 4.39 Å². The number of carbonyl (C=O) groups excluding carboxylic acids is 1. The minimum Gasteiger partial charge on any atom is -0.339 e. The number of hydrogen-bond acceptors (Lipinski definition) is 2. The second-order valence-corrected chi connectivity index (χ2v) is 6.47. The van der Waals surface area contributed by atoms with Gasteiger partial charge < -0.3 is 9.80 Å². The van der Waals surface area contributed by atoms with Crippen LogP contribution >= 0.6 is 15.9 Å². The molecule has 0 unspecified atom stereocenters. The van der Waals surface area contributed by atoms with Crippen LogP contribution in [0.1, 0.15) is 36.5 Å². The number of halogens is 2. The summed E-state index contributed by atoms with van der Waals surface area (Å²) in [6.07, 6.45) is 3.13. The largest absolute Gasteiger partial charge is 0.339 e. The third-order valence-electron chi connectivity index (χ3n) is 4.12. The van der Waals surface area contributed by atoms with E-state index in [4.69, 9.17) is 0 Å². The average molecular weight is 357 g/mol. The minimum absolute atomic E-state index is 0.115. The van der Waals surface area contributed by atoms with Crippen LogP contribution in [0.15, 0.2) is 22.7 Å². The van der Waals surface area contributed by atoms with E-state index in [1.807, 2.05) is 7.05 Å². The highest BCUT2D eigenvalue weighted by Crippen LogP contribution is 2.23. The molecule has 1 saturated heterocycles. The zero-order valence-corrected chi connectivity index (χ0v) is 14.2. The summed E-state index contributed by atoms with van der Waals surface area (Å²) >= 11 is 3.33. The number of rotatable bonds is 4. The molecule has 0 aromatic heterocycles. The Kier molecular flexibility index (Phi) is 5.76. The van der Waals surface area contributed by atoms with Crippen LogP contribution in [-0.4, -0.2) is 48.4 Å². The lowest BCUT2D eigenvalue weighted by atomic mass is 10.0. The Morgan fingerprint density at radius 2 is 2.10 bits per heavy atom. The Labute approximate surface area is 134 Å². The number of carbonyl (C=O) groups is 1. The van der Waals surface area contributed by atoms with Gasteiger partial charge in [0.15, 0.2) is 0 Å². The van der Waals surface area contributed by atoms with E-state index in [2.05, 4.69) is 27.8 Å². The van der Waals surface area contributed by atoms with Crippen LogP contribution in [0.25, 0.3) is 0 Å². The Hall–Kier alpha value is -0.940. The predicted octanol–water partition coefficient (Wildman–Crippen LogP) is 3.53. The van der Waals surface area contributed by atoms with Crippen molar-refractivity contribution in [3.63, 3.8) is 0 Å². The number of amides is 1. The van der Waals surface area contributed by atoms with E-state index in [0.29, 0.717) is 10.0 Å². The Bertz CT molecular complexity index is 501. The number of benzene rings is 1. The van der Waals surface area contributed by atoms with Crippen molar-refractivity contribution in [3.05, 3.63) is 34.1 Å². The molecule has 1 aliphatic rings. The molecule has 116 valence electrons. The molecule has 1 heterocycles. The van der Waals surface area contributed by atoms with E-state index in [9.17, 15) is 9.18 Å². The van der Waals surface area contributed by atoms with Crippen LogP contribution in [-0.2, 0) is 0 Å². The zero-order chi connectivity index (χ0) is 15.4. The summed E-state index contributed by atoms with van der Waals surface area (Å²) in [5, 5.41) is 0. The topological polar surface area (TPSA) is 23.6 Å². The van der Waals surface area contributed by atoms with Crippen LogP contribution in [0.5, 0.6) is 0 Å². The maximum absolute atomic E-state index is 13.4. The third-order valence-corrected chi connectivity index (χ3v) is 4.82. The quantitative estimate of drug-likeness (QED) is 0.823. The van der Waals surface area contributed by atoms with Gasteiger partial charge in [0, 0.05) is 30.7 Å². The van der Waals surface area contributed by atoms with Crippen molar-refractivity contribution >= 4 is 21.8 Å².